The number of hydrogen-bond donors (Lipinski definition) is 0. The van der Waals surface area contributed by atoms with Crippen molar-refractivity contribution < 1.29 is 13.9 Å². The quantitative estimate of drug-likeness (QED) is 0.683. The number of halogens is 1. The molecule has 0 saturated heterocycles. The number of ether oxygens (including phenoxy) is 1. The van der Waals surface area contributed by atoms with Gasteiger partial charge in [0.25, 0.3) is 5.91 Å². The Morgan fingerprint density at radius 1 is 1.19 bits per heavy atom. The van der Waals surface area contributed by atoms with Crippen LogP contribution in [0.2, 0.25) is 0 Å². The standard InChI is InChI=1S/C20H19FN2O2S/c1-14-3-5-16(6-4-14)13-23-11-12-26-20(23)22-19(24)15(2)25-18-9-7-17(21)8-10-18/h3-12,15H,13H2,1-2H3/t15-/m0/s1. The molecule has 134 valence electrons. The summed E-state index contributed by atoms with van der Waals surface area (Å²) < 4.78 is 20.4. The highest BCUT2D eigenvalue weighted by Crippen LogP contribution is 2.13. The van der Waals surface area contributed by atoms with Crippen molar-refractivity contribution in [1.82, 2.24) is 4.57 Å². The van der Waals surface area contributed by atoms with E-state index in [2.05, 4.69) is 29.3 Å². The summed E-state index contributed by atoms with van der Waals surface area (Å²) >= 11 is 1.40. The van der Waals surface area contributed by atoms with Gasteiger partial charge in [-0.05, 0) is 43.7 Å². The summed E-state index contributed by atoms with van der Waals surface area (Å²) in [6, 6.07) is 13.8. The average Bonchev–Trinajstić information content (AvgIpc) is 3.05. The molecule has 26 heavy (non-hydrogen) atoms. The van der Waals surface area contributed by atoms with E-state index in [1.165, 1.54) is 41.2 Å². The lowest BCUT2D eigenvalue weighted by atomic mass is 10.1. The smallest absolute Gasteiger partial charge is 0.289 e. The van der Waals surface area contributed by atoms with E-state index in [1.807, 2.05) is 23.1 Å². The molecule has 0 fully saturated rings. The van der Waals surface area contributed by atoms with Crippen molar-refractivity contribution in [2.24, 2.45) is 4.99 Å². The lowest BCUT2D eigenvalue weighted by molar-refractivity contribution is -0.124. The Morgan fingerprint density at radius 2 is 1.88 bits per heavy atom. The number of carbonyl (C=O) groups is 1. The second-order valence-electron chi connectivity index (χ2n) is 5.96. The van der Waals surface area contributed by atoms with Gasteiger partial charge in [0.15, 0.2) is 10.9 Å². The topological polar surface area (TPSA) is 43.6 Å². The molecule has 0 N–H and O–H groups in total. The van der Waals surface area contributed by atoms with Gasteiger partial charge in [0.05, 0.1) is 0 Å². The van der Waals surface area contributed by atoms with Crippen LogP contribution >= 0.6 is 11.3 Å². The minimum atomic E-state index is -0.754. The van der Waals surface area contributed by atoms with Crippen LogP contribution in [0.15, 0.2) is 65.1 Å². The molecule has 1 heterocycles. The SMILES string of the molecule is Cc1ccc(Cn2ccsc2=NC(=O)[C@H](C)Oc2ccc(F)cc2)cc1. The number of rotatable bonds is 5. The first kappa shape index (κ1) is 18.1. The molecule has 1 aromatic heterocycles. The molecule has 0 aliphatic heterocycles. The van der Waals surface area contributed by atoms with Crippen molar-refractivity contribution in [3.63, 3.8) is 0 Å². The van der Waals surface area contributed by atoms with Gasteiger partial charge in [-0.2, -0.15) is 4.99 Å². The maximum absolute atomic E-state index is 12.9. The minimum Gasteiger partial charge on any atom is -0.481 e. The third-order valence-corrected chi connectivity index (χ3v) is 4.61. The Kier molecular flexibility index (Phi) is 5.63. The summed E-state index contributed by atoms with van der Waals surface area (Å²) in [4.78, 5) is 17.2. The zero-order valence-corrected chi connectivity index (χ0v) is 15.4. The van der Waals surface area contributed by atoms with Crippen molar-refractivity contribution in [3.8, 4) is 5.75 Å². The number of nitrogens with zero attached hydrogens (tertiary/aromatic N) is 2. The molecule has 3 rings (SSSR count). The molecular formula is C20H19FN2O2S. The fourth-order valence-corrected chi connectivity index (χ4v) is 3.08. The molecule has 0 saturated carbocycles. The van der Waals surface area contributed by atoms with Crippen LogP contribution in [0.3, 0.4) is 0 Å². The van der Waals surface area contributed by atoms with Crippen LogP contribution < -0.4 is 9.54 Å². The first-order valence-corrected chi connectivity index (χ1v) is 9.09. The third-order valence-electron chi connectivity index (χ3n) is 3.81. The Balaban J connectivity index is 1.72. The number of benzene rings is 2. The minimum absolute atomic E-state index is 0.350. The highest BCUT2D eigenvalue weighted by Gasteiger charge is 2.14. The van der Waals surface area contributed by atoms with Crippen LogP contribution in [0.4, 0.5) is 4.39 Å². The first-order valence-electron chi connectivity index (χ1n) is 8.21. The van der Waals surface area contributed by atoms with Crippen LogP contribution in [0.25, 0.3) is 0 Å². The summed E-state index contributed by atoms with van der Waals surface area (Å²) in [6.07, 6.45) is 1.15. The second-order valence-corrected chi connectivity index (χ2v) is 6.84. The summed E-state index contributed by atoms with van der Waals surface area (Å²) in [5, 5.41) is 1.89. The van der Waals surface area contributed by atoms with E-state index in [9.17, 15) is 9.18 Å². The Hall–Kier alpha value is -2.73. The number of thiazole rings is 1. The summed E-state index contributed by atoms with van der Waals surface area (Å²) in [7, 11) is 0. The van der Waals surface area contributed by atoms with E-state index < -0.39 is 6.10 Å². The molecule has 0 bridgehead atoms. The lowest BCUT2D eigenvalue weighted by Crippen LogP contribution is -2.26. The van der Waals surface area contributed by atoms with Crippen LogP contribution in [0.5, 0.6) is 5.75 Å². The van der Waals surface area contributed by atoms with Crippen LogP contribution in [-0.4, -0.2) is 16.6 Å². The lowest BCUT2D eigenvalue weighted by Gasteiger charge is -2.11. The molecule has 6 heteroatoms. The maximum Gasteiger partial charge on any atom is 0.289 e. The van der Waals surface area contributed by atoms with Crippen LogP contribution in [0.1, 0.15) is 18.1 Å². The van der Waals surface area contributed by atoms with Gasteiger partial charge in [-0.1, -0.05) is 29.8 Å². The number of aromatic nitrogens is 1. The largest absolute Gasteiger partial charge is 0.481 e. The molecule has 4 nitrogen and oxygen atoms in total. The van der Waals surface area contributed by atoms with Crippen LogP contribution in [0, 0.1) is 12.7 Å². The van der Waals surface area contributed by atoms with Crippen LogP contribution in [-0.2, 0) is 11.3 Å². The number of carbonyl (C=O) groups excluding carboxylic acids is 1. The molecule has 3 aromatic rings. The van der Waals surface area contributed by atoms with Gasteiger partial charge in [-0.15, -0.1) is 11.3 Å². The van der Waals surface area contributed by atoms with Gasteiger partial charge in [0.1, 0.15) is 11.6 Å². The van der Waals surface area contributed by atoms with Gasteiger partial charge >= 0.3 is 0 Å². The normalized spacial score (nSPS) is 12.8. The molecule has 0 aliphatic rings. The Morgan fingerprint density at radius 3 is 2.58 bits per heavy atom. The Bertz CT molecular complexity index is 943. The predicted octanol–water partition coefficient (Wildman–Crippen LogP) is 3.94. The molecule has 0 spiro atoms. The molecular weight excluding hydrogens is 351 g/mol. The van der Waals surface area contributed by atoms with E-state index in [0.717, 1.165) is 5.56 Å². The van der Waals surface area contributed by atoms with Gasteiger partial charge in [0.2, 0.25) is 0 Å². The van der Waals surface area contributed by atoms with E-state index in [-0.39, 0.29) is 11.7 Å². The molecule has 1 atom stereocenters. The third kappa shape index (κ3) is 4.67. The van der Waals surface area contributed by atoms with E-state index in [4.69, 9.17) is 4.74 Å². The summed E-state index contributed by atoms with van der Waals surface area (Å²) in [6.45, 7) is 4.32. The molecule has 0 unspecified atom stereocenters. The first-order chi connectivity index (χ1) is 12.5. The van der Waals surface area contributed by atoms with Crippen molar-refractivity contribution in [1.29, 1.82) is 0 Å². The van der Waals surface area contributed by atoms with E-state index >= 15 is 0 Å². The molecule has 2 aromatic carbocycles. The average molecular weight is 370 g/mol. The number of aryl methyl sites for hydroxylation is 1. The fraction of sp³-hybridized carbons (Fsp3) is 0.200. The van der Waals surface area contributed by atoms with Crippen molar-refractivity contribution in [2.75, 3.05) is 0 Å². The number of hydrogen-bond acceptors (Lipinski definition) is 3. The summed E-state index contributed by atoms with van der Waals surface area (Å²) in [5.41, 5.74) is 2.34. The van der Waals surface area contributed by atoms with Crippen molar-refractivity contribution in [2.45, 2.75) is 26.5 Å². The zero-order chi connectivity index (χ0) is 18.5. The second kappa shape index (κ2) is 8.10. The maximum atomic E-state index is 12.9. The molecule has 0 aliphatic carbocycles. The van der Waals surface area contributed by atoms with Gasteiger partial charge in [0, 0.05) is 18.1 Å². The monoisotopic (exact) mass is 370 g/mol. The number of amides is 1. The van der Waals surface area contributed by atoms with Gasteiger partial charge in [-0.25, -0.2) is 4.39 Å². The molecule has 1 amide bonds. The van der Waals surface area contributed by atoms with Gasteiger partial charge < -0.3 is 9.30 Å². The summed E-state index contributed by atoms with van der Waals surface area (Å²) in [5.74, 6) is -0.299. The van der Waals surface area contributed by atoms with Crippen molar-refractivity contribution in [3.05, 3.63) is 81.9 Å². The fourth-order valence-electron chi connectivity index (χ4n) is 2.35. The van der Waals surface area contributed by atoms with E-state index in [1.54, 1.807) is 6.92 Å². The molecule has 0 radical (unpaired) electrons. The van der Waals surface area contributed by atoms with Crippen molar-refractivity contribution >= 4 is 17.2 Å². The highest BCUT2D eigenvalue weighted by molar-refractivity contribution is 7.07. The van der Waals surface area contributed by atoms with Gasteiger partial charge in [-0.3, -0.25) is 4.79 Å². The predicted molar refractivity (Wildman–Crippen MR) is 99.7 cm³/mol. The zero-order valence-electron chi connectivity index (χ0n) is 14.6. The van der Waals surface area contributed by atoms with E-state index in [0.29, 0.717) is 17.1 Å². The Labute approximate surface area is 155 Å². The highest BCUT2D eigenvalue weighted by atomic mass is 32.1.